The van der Waals surface area contributed by atoms with E-state index in [0.29, 0.717) is 12.3 Å². The molecule has 3 aromatic carbocycles. The molecule has 0 aromatic heterocycles. The zero-order valence-corrected chi connectivity index (χ0v) is 26.9. The second-order valence-electron chi connectivity index (χ2n) is 10.1. The lowest BCUT2D eigenvalue weighted by Gasteiger charge is -2.32. The van der Waals surface area contributed by atoms with Crippen molar-refractivity contribution in [3.8, 4) is 5.75 Å². The van der Waals surface area contributed by atoms with Crippen LogP contribution >= 0.6 is 27.5 Å². The number of hydrogen-bond donors (Lipinski definition) is 1. The molecule has 0 spiro atoms. The van der Waals surface area contributed by atoms with Gasteiger partial charge in [-0.1, -0.05) is 71.2 Å². The van der Waals surface area contributed by atoms with Gasteiger partial charge in [0.05, 0.1) is 22.7 Å². The molecule has 11 heteroatoms. The molecule has 3 rings (SSSR count). The minimum Gasteiger partial charge on any atom is -0.495 e. The van der Waals surface area contributed by atoms with Crippen molar-refractivity contribution < 1.29 is 22.7 Å². The van der Waals surface area contributed by atoms with Crippen LogP contribution in [0.15, 0.2) is 76.1 Å². The molecule has 0 saturated heterocycles. The number of hydrogen-bond acceptors (Lipinski definition) is 5. The summed E-state index contributed by atoms with van der Waals surface area (Å²) in [5.74, 6) is -0.307. The standard InChI is InChI=1S/C30H35BrClN3O5S/c1-20(2)17-33-30(37)22(4)34(18-23-7-6-8-24(31)15-23)29(36)19-35(25-11-14-28(40-5)27(32)16-25)41(38,39)26-12-9-21(3)10-13-26/h6-16,20,22H,17-19H2,1-5H3,(H,33,37). The van der Waals surface area contributed by atoms with E-state index >= 15 is 0 Å². The fourth-order valence-electron chi connectivity index (χ4n) is 4.04. The number of ether oxygens (including phenoxy) is 1. The molecule has 41 heavy (non-hydrogen) atoms. The number of methoxy groups -OCH3 is 1. The molecule has 220 valence electrons. The van der Waals surface area contributed by atoms with Crippen molar-refractivity contribution in [2.45, 2.75) is 45.2 Å². The first-order chi connectivity index (χ1) is 19.3. The molecule has 8 nitrogen and oxygen atoms in total. The Hall–Kier alpha value is -3.08. The number of nitrogens with zero attached hydrogens (tertiary/aromatic N) is 2. The number of benzene rings is 3. The smallest absolute Gasteiger partial charge is 0.264 e. The molecule has 1 unspecified atom stereocenters. The van der Waals surface area contributed by atoms with Gasteiger partial charge < -0.3 is 15.0 Å². The summed E-state index contributed by atoms with van der Waals surface area (Å²) < 4.78 is 35.0. The van der Waals surface area contributed by atoms with Gasteiger partial charge in [-0.2, -0.15) is 0 Å². The third-order valence-electron chi connectivity index (χ3n) is 6.40. The van der Waals surface area contributed by atoms with E-state index in [1.807, 2.05) is 45.0 Å². The average Bonchev–Trinajstić information content (AvgIpc) is 2.93. The molecule has 0 aliphatic carbocycles. The largest absolute Gasteiger partial charge is 0.495 e. The first-order valence-electron chi connectivity index (χ1n) is 13.1. The quantitative estimate of drug-likeness (QED) is 0.264. The van der Waals surface area contributed by atoms with Crippen molar-refractivity contribution in [2.24, 2.45) is 5.92 Å². The van der Waals surface area contributed by atoms with Gasteiger partial charge in [0.25, 0.3) is 10.0 Å². The number of aryl methyl sites for hydroxylation is 1. The van der Waals surface area contributed by atoms with Crippen LogP contribution < -0.4 is 14.4 Å². The number of rotatable bonds is 12. The van der Waals surface area contributed by atoms with Crippen molar-refractivity contribution in [3.63, 3.8) is 0 Å². The van der Waals surface area contributed by atoms with Crippen molar-refractivity contribution in [1.82, 2.24) is 10.2 Å². The Bertz CT molecular complexity index is 1480. The summed E-state index contributed by atoms with van der Waals surface area (Å²) >= 11 is 9.81. The summed E-state index contributed by atoms with van der Waals surface area (Å²) in [4.78, 5) is 28.5. The van der Waals surface area contributed by atoms with E-state index in [2.05, 4.69) is 21.2 Å². The molecule has 0 heterocycles. The normalized spacial score (nSPS) is 12.1. The van der Waals surface area contributed by atoms with Crippen LogP contribution in [0.3, 0.4) is 0 Å². The van der Waals surface area contributed by atoms with Crippen LogP contribution in [0.4, 0.5) is 5.69 Å². The minimum absolute atomic E-state index is 0.0177. The highest BCUT2D eigenvalue weighted by atomic mass is 79.9. The molecule has 0 radical (unpaired) electrons. The van der Waals surface area contributed by atoms with Crippen LogP contribution in [0.25, 0.3) is 0 Å². The number of carbonyl (C=O) groups excluding carboxylic acids is 2. The maximum Gasteiger partial charge on any atom is 0.264 e. The maximum absolute atomic E-state index is 14.0. The summed E-state index contributed by atoms with van der Waals surface area (Å²) in [6.07, 6.45) is 0. The predicted octanol–water partition coefficient (Wildman–Crippen LogP) is 5.80. The topological polar surface area (TPSA) is 96.0 Å². The van der Waals surface area contributed by atoms with Crippen molar-refractivity contribution in [3.05, 3.63) is 87.4 Å². The minimum atomic E-state index is -4.20. The van der Waals surface area contributed by atoms with Crippen molar-refractivity contribution in [1.29, 1.82) is 0 Å². The lowest BCUT2D eigenvalue weighted by Crippen LogP contribution is -2.51. The first-order valence-corrected chi connectivity index (χ1v) is 15.7. The van der Waals surface area contributed by atoms with Crippen molar-refractivity contribution >= 4 is 55.1 Å². The molecule has 0 aliphatic rings. The molecular weight excluding hydrogens is 630 g/mol. The van der Waals surface area contributed by atoms with E-state index in [4.69, 9.17) is 16.3 Å². The van der Waals surface area contributed by atoms with E-state index in [0.717, 1.165) is 19.9 Å². The van der Waals surface area contributed by atoms with Crippen LogP contribution in [0.2, 0.25) is 5.02 Å². The van der Waals surface area contributed by atoms with E-state index in [-0.39, 0.29) is 34.0 Å². The monoisotopic (exact) mass is 663 g/mol. The highest BCUT2D eigenvalue weighted by Gasteiger charge is 2.33. The Kier molecular flexibility index (Phi) is 11.2. The zero-order valence-electron chi connectivity index (χ0n) is 23.7. The molecule has 2 amide bonds. The number of halogens is 2. The van der Waals surface area contributed by atoms with Crippen molar-refractivity contribution in [2.75, 3.05) is 24.5 Å². The highest BCUT2D eigenvalue weighted by Crippen LogP contribution is 2.32. The number of carbonyl (C=O) groups is 2. The second kappa shape index (κ2) is 14.2. The Morgan fingerprint density at radius 2 is 1.71 bits per heavy atom. The molecule has 1 N–H and O–H groups in total. The molecule has 0 bridgehead atoms. The Labute approximate surface area is 255 Å². The van der Waals surface area contributed by atoms with Gasteiger partial charge in [0, 0.05) is 17.6 Å². The van der Waals surface area contributed by atoms with E-state index < -0.39 is 28.5 Å². The summed E-state index contributed by atoms with van der Waals surface area (Å²) in [6.45, 7) is 7.42. The van der Waals surface area contributed by atoms with Gasteiger partial charge in [-0.15, -0.1) is 0 Å². The molecular formula is C30H35BrClN3O5S. The fraction of sp³-hybridized carbons (Fsp3) is 0.333. The number of sulfonamides is 1. The van der Waals surface area contributed by atoms with Crippen LogP contribution in [0, 0.1) is 12.8 Å². The lowest BCUT2D eigenvalue weighted by molar-refractivity contribution is -0.139. The zero-order chi connectivity index (χ0) is 30.3. The van der Waals surface area contributed by atoms with E-state index in [1.54, 1.807) is 25.1 Å². The summed E-state index contributed by atoms with van der Waals surface area (Å²) in [5.41, 5.74) is 1.85. The molecule has 0 aliphatic heterocycles. The Morgan fingerprint density at radius 3 is 2.29 bits per heavy atom. The predicted molar refractivity (Wildman–Crippen MR) is 166 cm³/mol. The molecule has 0 fully saturated rings. The van der Waals surface area contributed by atoms with E-state index in [9.17, 15) is 18.0 Å². The van der Waals surface area contributed by atoms with Gasteiger partial charge in [-0.25, -0.2) is 8.42 Å². The number of amides is 2. The van der Waals surface area contributed by atoms with Crippen LogP contribution in [-0.4, -0.2) is 51.4 Å². The fourth-order valence-corrected chi connectivity index (χ4v) is 6.15. The van der Waals surface area contributed by atoms with Gasteiger partial charge in [0.1, 0.15) is 18.3 Å². The van der Waals surface area contributed by atoms with Gasteiger partial charge in [0.15, 0.2) is 0 Å². The number of nitrogens with one attached hydrogen (secondary N) is 1. The third kappa shape index (κ3) is 8.47. The van der Waals surface area contributed by atoms with Gasteiger partial charge in [-0.3, -0.25) is 13.9 Å². The Morgan fingerprint density at radius 1 is 1.02 bits per heavy atom. The maximum atomic E-state index is 14.0. The van der Waals surface area contributed by atoms with Crippen LogP contribution in [0.1, 0.15) is 31.9 Å². The first kappa shape index (κ1) is 32.4. The average molecular weight is 665 g/mol. The second-order valence-corrected chi connectivity index (χ2v) is 13.3. The van der Waals surface area contributed by atoms with Crippen LogP contribution in [0.5, 0.6) is 5.75 Å². The van der Waals surface area contributed by atoms with Crippen LogP contribution in [-0.2, 0) is 26.2 Å². The van der Waals surface area contributed by atoms with Gasteiger partial charge in [0.2, 0.25) is 11.8 Å². The molecule has 0 saturated carbocycles. The number of anilines is 1. The van der Waals surface area contributed by atoms with Gasteiger partial charge in [-0.05, 0) is 67.8 Å². The van der Waals surface area contributed by atoms with Gasteiger partial charge >= 0.3 is 0 Å². The molecule has 1 atom stereocenters. The highest BCUT2D eigenvalue weighted by molar-refractivity contribution is 9.10. The summed E-state index contributed by atoms with van der Waals surface area (Å²) in [5, 5.41) is 3.06. The SMILES string of the molecule is COc1ccc(N(CC(=O)N(Cc2cccc(Br)c2)C(C)C(=O)NCC(C)C)S(=O)(=O)c2ccc(C)cc2)cc1Cl. The van der Waals surface area contributed by atoms with E-state index in [1.165, 1.54) is 36.3 Å². The molecule has 3 aromatic rings. The lowest BCUT2D eigenvalue weighted by atomic mass is 10.1. The summed E-state index contributed by atoms with van der Waals surface area (Å²) in [6, 6.07) is 17.4. The third-order valence-corrected chi connectivity index (χ3v) is 8.98. The Balaban J connectivity index is 2.05. The summed E-state index contributed by atoms with van der Waals surface area (Å²) in [7, 11) is -2.75.